The topological polar surface area (TPSA) is 99.0 Å². The maximum atomic E-state index is 13.8. The van der Waals surface area contributed by atoms with E-state index in [1.54, 1.807) is 0 Å². The summed E-state index contributed by atoms with van der Waals surface area (Å²) in [6, 6.07) is 8.42. The summed E-state index contributed by atoms with van der Waals surface area (Å²) in [6.45, 7) is 11.3. The van der Waals surface area contributed by atoms with Crippen LogP contribution in [-0.2, 0) is 20.8 Å². The molecule has 1 aliphatic rings. The van der Waals surface area contributed by atoms with E-state index in [2.05, 4.69) is 17.4 Å². The molecule has 0 aromatic heterocycles. The minimum absolute atomic E-state index is 0.0757. The molecule has 0 spiro atoms. The lowest BCUT2D eigenvalue weighted by Gasteiger charge is -2.38. The molecule has 1 aromatic carbocycles. The minimum atomic E-state index is -0.653. The van der Waals surface area contributed by atoms with E-state index in [1.165, 1.54) is 0 Å². The SMILES string of the molecule is CC[C@@H](N)C(=O)N(CCc1ccccc1)C[C@@H]1CCCN1C(=O)[C@@H](NC(=O)[C@H](C)N(C)C)C(C)(C)C. The van der Waals surface area contributed by atoms with Crippen LogP contribution in [0.4, 0.5) is 0 Å². The van der Waals surface area contributed by atoms with Crippen LogP contribution in [0.15, 0.2) is 30.3 Å². The number of nitrogens with one attached hydrogen (secondary N) is 1. The first-order chi connectivity index (χ1) is 16.9. The van der Waals surface area contributed by atoms with Crippen molar-refractivity contribution in [3.8, 4) is 0 Å². The summed E-state index contributed by atoms with van der Waals surface area (Å²) in [7, 11) is 3.69. The number of hydrogen-bond acceptors (Lipinski definition) is 5. The average molecular weight is 502 g/mol. The van der Waals surface area contributed by atoms with Gasteiger partial charge in [0.05, 0.1) is 12.1 Å². The van der Waals surface area contributed by atoms with Crippen molar-refractivity contribution in [3.63, 3.8) is 0 Å². The number of carbonyl (C=O) groups excluding carboxylic acids is 3. The Kier molecular flexibility index (Phi) is 10.9. The monoisotopic (exact) mass is 501 g/mol. The summed E-state index contributed by atoms with van der Waals surface area (Å²) in [5.41, 5.74) is 6.84. The summed E-state index contributed by atoms with van der Waals surface area (Å²) in [5.74, 6) is -0.328. The van der Waals surface area contributed by atoms with Crippen LogP contribution in [0.25, 0.3) is 0 Å². The number of nitrogens with zero attached hydrogens (tertiary/aromatic N) is 3. The molecule has 4 atom stereocenters. The third-order valence-electron chi connectivity index (χ3n) is 7.23. The van der Waals surface area contributed by atoms with Crippen molar-refractivity contribution in [2.45, 2.75) is 84.5 Å². The molecule has 1 fully saturated rings. The molecule has 8 nitrogen and oxygen atoms in total. The molecule has 8 heteroatoms. The van der Waals surface area contributed by atoms with Crippen LogP contribution in [0, 0.1) is 5.41 Å². The molecule has 36 heavy (non-hydrogen) atoms. The quantitative estimate of drug-likeness (QED) is 0.485. The van der Waals surface area contributed by atoms with Gasteiger partial charge in [-0.25, -0.2) is 0 Å². The van der Waals surface area contributed by atoms with E-state index in [0.29, 0.717) is 26.1 Å². The number of benzene rings is 1. The molecule has 0 unspecified atom stereocenters. The van der Waals surface area contributed by atoms with E-state index in [1.807, 2.05) is 81.6 Å². The number of hydrogen-bond donors (Lipinski definition) is 2. The molecule has 0 saturated carbocycles. The number of likely N-dealkylation sites (tertiary alicyclic amines) is 1. The maximum Gasteiger partial charge on any atom is 0.246 e. The van der Waals surface area contributed by atoms with Crippen LogP contribution in [0.5, 0.6) is 0 Å². The summed E-state index contributed by atoms with van der Waals surface area (Å²) in [4.78, 5) is 45.4. The lowest BCUT2D eigenvalue weighted by molar-refractivity contribution is -0.142. The molecule has 202 valence electrons. The summed E-state index contributed by atoms with van der Waals surface area (Å²) in [5, 5.41) is 3.01. The molecule has 1 aromatic rings. The molecule has 0 aliphatic carbocycles. The second-order valence-corrected chi connectivity index (χ2v) is 11.3. The average Bonchev–Trinajstić information content (AvgIpc) is 3.31. The standard InChI is InChI=1S/C28H47N5O3/c1-8-23(29)26(35)32(18-16-21-13-10-9-11-14-21)19-22-15-12-17-33(22)27(36)24(28(3,4)5)30-25(34)20(2)31(6)7/h9-11,13-14,20,22-24H,8,12,15-19,29H2,1-7H3,(H,30,34)/t20-,22-,23+,24+/m0/s1. The Labute approximate surface area is 217 Å². The Balaban J connectivity index is 2.20. The molecule has 3 amide bonds. The zero-order valence-corrected chi connectivity index (χ0v) is 23.3. The van der Waals surface area contributed by atoms with Gasteiger partial charge in [0.1, 0.15) is 6.04 Å². The van der Waals surface area contributed by atoms with Crippen LogP contribution in [-0.4, -0.2) is 90.3 Å². The zero-order valence-electron chi connectivity index (χ0n) is 23.3. The minimum Gasteiger partial charge on any atom is -0.342 e. The van der Waals surface area contributed by atoms with Crippen molar-refractivity contribution < 1.29 is 14.4 Å². The summed E-state index contributed by atoms with van der Waals surface area (Å²) < 4.78 is 0. The Hall–Kier alpha value is -2.45. The van der Waals surface area contributed by atoms with Gasteiger partial charge in [0, 0.05) is 25.7 Å². The Morgan fingerprint density at radius 2 is 1.81 bits per heavy atom. The predicted molar refractivity (Wildman–Crippen MR) is 144 cm³/mol. The fourth-order valence-corrected chi connectivity index (χ4v) is 4.49. The molecule has 1 aliphatic heterocycles. The molecule has 3 N–H and O–H groups in total. The van der Waals surface area contributed by atoms with E-state index in [0.717, 1.165) is 24.8 Å². The Bertz CT molecular complexity index is 868. The highest BCUT2D eigenvalue weighted by atomic mass is 16.2. The van der Waals surface area contributed by atoms with E-state index < -0.39 is 17.5 Å². The van der Waals surface area contributed by atoms with Crippen molar-refractivity contribution in [1.29, 1.82) is 0 Å². The van der Waals surface area contributed by atoms with Crippen molar-refractivity contribution in [2.24, 2.45) is 11.1 Å². The molecule has 0 radical (unpaired) electrons. The van der Waals surface area contributed by atoms with Crippen LogP contribution >= 0.6 is 0 Å². The smallest absolute Gasteiger partial charge is 0.246 e. The predicted octanol–water partition coefficient (Wildman–Crippen LogP) is 2.27. The normalized spacial score (nSPS) is 18.6. The lowest BCUT2D eigenvalue weighted by Crippen LogP contribution is -2.59. The van der Waals surface area contributed by atoms with Gasteiger partial charge < -0.3 is 20.9 Å². The van der Waals surface area contributed by atoms with Gasteiger partial charge in [-0.15, -0.1) is 0 Å². The van der Waals surface area contributed by atoms with Gasteiger partial charge in [-0.2, -0.15) is 0 Å². The fraction of sp³-hybridized carbons (Fsp3) is 0.679. The first-order valence-electron chi connectivity index (χ1n) is 13.2. The summed E-state index contributed by atoms with van der Waals surface area (Å²) in [6.07, 6.45) is 2.99. The van der Waals surface area contributed by atoms with Crippen LogP contribution in [0.1, 0.15) is 59.4 Å². The van der Waals surface area contributed by atoms with Gasteiger partial charge >= 0.3 is 0 Å². The van der Waals surface area contributed by atoms with Crippen LogP contribution in [0.2, 0.25) is 0 Å². The molecule has 2 rings (SSSR count). The number of likely N-dealkylation sites (N-methyl/N-ethyl adjacent to an activating group) is 1. The van der Waals surface area contributed by atoms with E-state index >= 15 is 0 Å². The number of carbonyl (C=O) groups is 3. The van der Waals surface area contributed by atoms with Gasteiger partial charge in [-0.3, -0.25) is 19.3 Å². The highest BCUT2D eigenvalue weighted by molar-refractivity contribution is 5.90. The van der Waals surface area contributed by atoms with Gasteiger partial charge in [0.2, 0.25) is 17.7 Å². The van der Waals surface area contributed by atoms with Gasteiger partial charge in [-0.1, -0.05) is 58.0 Å². The molecular formula is C28H47N5O3. The molecule has 1 heterocycles. The van der Waals surface area contributed by atoms with Crippen molar-refractivity contribution in [3.05, 3.63) is 35.9 Å². The fourth-order valence-electron chi connectivity index (χ4n) is 4.49. The van der Waals surface area contributed by atoms with Crippen LogP contribution < -0.4 is 11.1 Å². The van der Waals surface area contributed by atoms with Gasteiger partial charge in [0.25, 0.3) is 0 Å². The van der Waals surface area contributed by atoms with Crippen LogP contribution in [0.3, 0.4) is 0 Å². The first-order valence-corrected chi connectivity index (χ1v) is 13.2. The van der Waals surface area contributed by atoms with Crippen molar-refractivity contribution >= 4 is 17.7 Å². The Morgan fingerprint density at radius 3 is 2.36 bits per heavy atom. The number of amides is 3. The highest BCUT2D eigenvalue weighted by Crippen LogP contribution is 2.26. The molecule has 1 saturated heterocycles. The third-order valence-corrected chi connectivity index (χ3v) is 7.23. The van der Waals surface area contributed by atoms with Crippen molar-refractivity contribution in [2.75, 3.05) is 33.7 Å². The van der Waals surface area contributed by atoms with E-state index in [-0.39, 0.29) is 29.8 Å². The second kappa shape index (κ2) is 13.2. The Morgan fingerprint density at radius 1 is 1.17 bits per heavy atom. The lowest BCUT2D eigenvalue weighted by atomic mass is 9.85. The molecular weight excluding hydrogens is 454 g/mol. The first kappa shape index (κ1) is 29.8. The second-order valence-electron chi connectivity index (χ2n) is 11.3. The molecule has 0 bridgehead atoms. The largest absolute Gasteiger partial charge is 0.342 e. The number of rotatable bonds is 11. The third kappa shape index (κ3) is 8.03. The highest BCUT2D eigenvalue weighted by Gasteiger charge is 2.41. The van der Waals surface area contributed by atoms with Gasteiger partial charge in [0.15, 0.2) is 0 Å². The number of nitrogens with two attached hydrogens (primary N) is 1. The zero-order chi connectivity index (χ0) is 27.0. The van der Waals surface area contributed by atoms with Crippen molar-refractivity contribution in [1.82, 2.24) is 20.0 Å². The van der Waals surface area contributed by atoms with Gasteiger partial charge in [-0.05, 0) is 57.7 Å². The summed E-state index contributed by atoms with van der Waals surface area (Å²) >= 11 is 0. The van der Waals surface area contributed by atoms with E-state index in [4.69, 9.17) is 5.73 Å². The maximum absolute atomic E-state index is 13.8. The van der Waals surface area contributed by atoms with E-state index in [9.17, 15) is 14.4 Å².